The van der Waals surface area contributed by atoms with E-state index in [9.17, 15) is 13.2 Å². The van der Waals surface area contributed by atoms with Crippen LogP contribution in [-0.2, 0) is 14.8 Å². The summed E-state index contributed by atoms with van der Waals surface area (Å²) in [5.41, 5.74) is 2.19. The van der Waals surface area contributed by atoms with E-state index in [-0.39, 0.29) is 16.6 Å². The molecule has 7 nitrogen and oxygen atoms in total. The summed E-state index contributed by atoms with van der Waals surface area (Å²) >= 11 is 0. The van der Waals surface area contributed by atoms with Crippen LogP contribution in [0.15, 0.2) is 41.3 Å². The average Bonchev–Trinajstić information content (AvgIpc) is 2.63. The summed E-state index contributed by atoms with van der Waals surface area (Å²) in [5.74, 6) is 0.549. The molecule has 0 bridgehead atoms. The molecule has 0 aliphatic heterocycles. The summed E-state index contributed by atoms with van der Waals surface area (Å²) in [6.45, 7) is 8.94. The number of sulfonamides is 1. The molecule has 0 radical (unpaired) electrons. The van der Waals surface area contributed by atoms with Crippen molar-refractivity contribution in [3.63, 3.8) is 0 Å². The normalized spacial score (nSPS) is 12.5. The average molecular weight is 421 g/mol. The molecule has 2 aromatic rings. The van der Waals surface area contributed by atoms with Crippen molar-refractivity contribution in [1.82, 2.24) is 4.72 Å². The Labute approximate surface area is 172 Å². The fourth-order valence-corrected chi connectivity index (χ4v) is 3.92. The molecule has 0 fully saturated rings. The van der Waals surface area contributed by atoms with Crippen molar-refractivity contribution in [2.45, 2.75) is 51.7 Å². The Kier molecular flexibility index (Phi) is 7.26. The molecule has 2 N–H and O–H groups in total. The Balaban J connectivity index is 2.24. The number of aryl methyl sites for hydroxylation is 2. The standard InChI is InChI=1S/C21H28N2O5S/c1-13(2)23-29(25,26)17-9-10-19(27-6)18(12-17)22-21(24)16(5)28-20-11-14(3)7-8-15(20)4/h7-13,16,23H,1-6H3,(H,22,24)/t16-/m1/s1. The SMILES string of the molecule is COc1ccc(S(=O)(=O)NC(C)C)cc1NC(=O)[C@@H](C)Oc1cc(C)ccc1C. The van der Waals surface area contributed by atoms with Crippen LogP contribution in [0.5, 0.6) is 11.5 Å². The summed E-state index contributed by atoms with van der Waals surface area (Å²) in [7, 11) is -2.26. The van der Waals surface area contributed by atoms with Crippen LogP contribution < -0.4 is 19.5 Å². The molecule has 158 valence electrons. The number of ether oxygens (including phenoxy) is 2. The van der Waals surface area contributed by atoms with Crippen molar-refractivity contribution in [1.29, 1.82) is 0 Å². The van der Waals surface area contributed by atoms with E-state index in [1.165, 1.54) is 25.3 Å². The van der Waals surface area contributed by atoms with Gasteiger partial charge in [-0.3, -0.25) is 4.79 Å². The van der Waals surface area contributed by atoms with Crippen LogP contribution in [-0.4, -0.2) is 33.6 Å². The van der Waals surface area contributed by atoms with Gasteiger partial charge in [0.25, 0.3) is 5.91 Å². The Bertz CT molecular complexity index is 987. The van der Waals surface area contributed by atoms with Crippen molar-refractivity contribution in [2.24, 2.45) is 0 Å². The lowest BCUT2D eigenvalue weighted by Crippen LogP contribution is -2.31. The van der Waals surface area contributed by atoms with Crippen LogP contribution in [0.4, 0.5) is 5.69 Å². The fraction of sp³-hybridized carbons (Fsp3) is 0.381. The second-order valence-corrected chi connectivity index (χ2v) is 8.87. The molecule has 0 spiro atoms. The van der Waals surface area contributed by atoms with Gasteiger partial charge in [-0.2, -0.15) is 0 Å². The smallest absolute Gasteiger partial charge is 0.265 e. The highest BCUT2D eigenvalue weighted by molar-refractivity contribution is 7.89. The van der Waals surface area contributed by atoms with Crippen LogP contribution >= 0.6 is 0 Å². The van der Waals surface area contributed by atoms with Gasteiger partial charge >= 0.3 is 0 Å². The first-order valence-corrected chi connectivity index (χ1v) is 10.8. The first kappa shape index (κ1) is 22.7. The second-order valence-electron chi connectivity index (χ2n) is 7.16. The van der Waals surface area contributed by atoms with Gasteiger partial charge in [-0.25, -0.2) is 13.1 Å². The third kappa shape index (κ3) is 5.95. The minimum Gasteiger partial charge on any atom is -0.495 e. The maximum atomic E-state index is 12.7. The van der Waals surface area contributed by atoms with E-state index in [0.29, 0.717) is 11.5 Å². The van der Waals surface area contributed by atoms with E-state index < -0.39 is 22.0 Å². The highest BCUT2D eigenvalue weighted by Crippen LogP contribution is 2.28. The molecule has 8 heteroatoms. The van der Waals surface area contributed by atoms with E-state index in [2.05, 4.69) is 10.0 Å². The number of benzene rings is 2. The van der Waals surface area contributed by atoms with Gasteiger partial charge in [0.1, 0.15) is 11.5 Å². The van der Waals surface area contributed by atoms with Gasteiger partial charge in [-0.1, -0.05) is 12.1 Å². The van der Waals surface area contributed by atoms with Gasteiger partial charge in [-0.05, 0) is 70.0 Å². The molecule has 2 aromatic carbocycles. The van der Waals surface area contributed by atoms with Gasteiger partial charge in [0, 0.05) is 6.04 Å². The number of hydrogen-bond donors (Lipinski definition) is 2. The van der Waals surface area contributed by atoms with E-state index in [1.807, 2.05) is 32.0 Å². The summed E-state index contributed by atoms with van der Waals surface area (Å²) in [5, 5.41) is 2.70. The van der Waals surface area contributed by atoms with E-state index in [4.69, 9.17) is 9.47 Å². The van der Waals surface area contributed by atoms with Crippen LogP contribution in [0.3, 0.4) is 0 Å². The number of carbonyl (C=O) groups excluding carboxylic acids is 1. The third-order valence-electron chi connectivity index (χ3n) is 4.15. The molecular formula is C21H28N2O5S. The summed E-state index contributed by atoms with van der Waals surface area (Å²) < 4.78 is 38.4. The zero-order valence-corrected chi connectivity index (χ0v) is 18.4. The van der Waals surface area contributed by atoms with Gasteiger partial charge in [0.15, 0.2) is 6.10 Å². The summed E-state index contributed by atoms with van der Waals surface area (Å²) in [6, 6.07) is 9.79. The van der Waals surface area contributed by atoms with Crippen LogP contribution in [0.25, 0.3) is 0 Å². The van der Waals surface area contributed by atoms with Crippen molar-refractivity contribution in [3.05, 3.63) is 47.5 Å². The lowest BCUT2D eigenvalue weighted by atomic mass is 10.1. The summed E-state index contributed by atoms with van der Waals surface area (Å²) in [6.07, 6.45) is -0.797. The molecule has 0 aromatic heterocycles. The number of anilines is 1. The number of amides is 1. The largest absolute Gasteiger partial charge is 0.495 e. The Morgan fingerprint density at radius 2 is 1.69 bits per heavy atom. The van der Waals surface area contributed by atoms with E-state index in [1.54, 1.807) is 20.8 Å². The Morgan fingerprint density at radius 1 is 1.00 bits per heavy atom. The molecule has 0 aliphatic rings. The van der Waals surface area contributed by atoms with Gasteiger partial charge in [-0.15, -0.1) is 0 Å². The van der Waals surface area contributed by atoms with Crippen molar-refractivity contribution < 1.29 is 22.7 Å². The molecule has 0 heterocycles. The second kappa shape index (κ2) is 9.28. The number of hydrogen-bond acceptors (Lipinski definition) is 5. The minimum atomic E-state index is -3.71. The zero-order valence-electron chi connectivity index (χ0n) is 17.6. The lowest BCUT2D eigenvalue weighted by molar-refractivity contribution is -0.122. The predicted molar refractivity (Wildman–Crippen MR) is 113 cm³/mol. The Morgan fingerprint density at radius 3 is 2.31 bits per heavy atom. The highest BCUT2D eigenvalue weighted by Gasteiger charge is 2.21. The van der Waals surface area contributed by atoms with Gasteiger partial charge < -0.3 is 14.8 Å². The van der Waals surface area contributed by atoms with Crippen molar-refractivity contribution in [3.8, 4) is 11.5 Å². The van der Waals surface area contributed by atoms with Gasteiger partial charge in [0.2, 0.25) is 10.0 Å². The number of rotatable bonds is 8. The lowest BCUT2D eigenvalue weighted by Gasteiger charge is -2.18. The maximum absolute atomic E-state index is 12.7. The Hall–Kier alpha value is -2.58. The maximum Gasteiger partial charge on any atom is 0.265 e. The molecule has 0 aliphatic carbocycles. The first-order valence-electron chi connectivity index (χ1n) is 9.28. The quantitative estimate of drug-likeness (QED) is 0.683. The molecule has 29 heavy (non-hydrogen) atoms. The summed E-state index contributed by atoms with van der Waals surface area (Å²) in [4.78, 5) is 12.7. The molecular weight excluding hydrogens is 392 g/mol. The predicted octanol–water partition coefficient (Wildman–Crippen LogP) is 3.40. The third-order valence-corrected chi connectivity index (χ3v) is 5.80. The van der Waals surface area contributed by atoms with Crippen molar-refractivity contribution >= 4 is 21.6 Å². The van der Waals surface area contributed by atoms with Gasteiger partial charge in [0.05, 0.1) is 17.7 Å². The molecule has 0 unspecified atom stereocenters. The minimum absolute atomic E-state index is 0.0328. The first-order chi connectivity index (χ1) is 13.5. The van der Waals surface area contributed by atoms with Crippen LogP contribution in [0, 0.1) is 13.8 Å². The molecule has 0 saturated carbocycles. The molecule has 0 saturated heterocycles. The fourth-order valence-electron chi connectivity index (χ4n) is 2.64. The molecule has 1 amide bonds. The monoisotopic (exact) mass is 420 g/mol. The van der Waals surface area contributed by atoms with E-state index in [0.717, 1.165) is 11.1 Å². The topological polar surface area (TPSA) is 93.7 Å². The van der Waals surface area contributed by atoms with Crippen molar-refractivity contribution in [2.75, 3.05) is 12.4 Å². The number of methoxy groups -OCH3 is 1. The van der Waals surface area contributed by atoms with E-state index >= 15 is 0 Å². The van der Waals surface area contributed by atoms with Crippen LogP contribution in [0.1, 0.15) is 31.9 Å². The van der Waals surface area contributed by atoms with Crippen LogP contribution in [0.2, 0.25) is 0 Å². The zero-order chi connectivity index (χ0) is 21.8. The molecule has 1 atom stereocenters. The highest BCUT2D eigenvalue weighted by atomic mass is 32.2. The molecule has 2 rings (SSSR count). The number of carbonyl (C=O) groups is 1. The number of nitrogens with one attached hydrogen (secondary N) is 2.